The molecule has 0 aliphatic heterocycles. The number of non-ortho nitro benzene ring substituents is 1. The molecule has 0 unspecified atom stereocenters. The first kappa shape index (κ1) is 13.9. The van der Waals surface area contributed by atoms with Crippen molar-refractivity contribution >= 4 is 5.69 Å². The van der Waals surface area contributed by atoms with Gasteiger partial charge in [-0.15, -0.1) is 0 Å². The van der Waals surface area contributed by atoms with Gasteiger partial charge in [0.25, 0.3) is 5.69 Å². The van der Waals surface area contributed by atoms with Crippen LogP contribution in [-0.2, 0) is 6.61 Å². The summed E-state index contributed by atoms with van der Waals surface area (Å²) in [5, 5.41) is 10.8. The van der Waals surface area contributed by atoms with Crippen LogP contribution in [0.4, 0.5) is 5.69 Å². The number of ether oxygens (including phenoxy) is 2. The molecule has 5 nitrogen and oxygen atoms in total. The van der Waals surface area contributed by atoms with Crippen LogP contribution in [0.5, 0.6) is 11.5 Å². The van der Waals surface area contributed by atoms with E-state index in [2.05, 4.69) is 0 Å². The Morgan fingerprint density at radius 1 is 1.15 bits per heavy atom. The Hall–Kier alpha value is -2.56. The second-order valence-corrected chi connectivity index (χ2v) is 4.37. The Morgan fingerprint density at radius 2 is 1.95 bits per heavy atom. The molecule has 0 aromatic heterocycles. The molecule has 104 valence electrons. The Balaban J connectivity index is 2.19. The van der Waals surface area contributed by atoms with Gasteiger partial charge in [0.15, 0.2) is 11.5 Å². The lowest BCUT2D eigenvalue weighted by Gasteiger charge is -2.10. The van der Waals surface area contributed by atoms with Crippen molar-refractivity contribution in [2.75, 3.05) is 7.11 Å². The summed E-state index contributed by atoms with van der Waals surface area (Å²) in [6.07, 6.45) is 0. The van der Waals surface area contributed by atoms with Crippen molar-refractivity contribution < 1.29 is 14.4 Å². The van der Waals surface area contributed by atoms with Crippen LogP contribution < -0.4 is 9.47 Å². The van der Waals surface area contributed by atoms with Gasteiger partial charge in [0.1, 0.15) is 6.61 Å². The summed E-state index contributed by atoms with van der Waals surface area (Å²) in [5.41, 5.74) is 2.11. The number of benzene rings is 2. The number of hydrogen-bond acceptors (Lipinski definition) is 4. The second-order valence-electron chi connectivity index (χ2n) is 4.37. The average Bonchev–Trinajstić information content (AvgIpc) is 2.44. The predicted octanol–water partition coefficient (Wildman–Crippen LogP) is 3.49. The quantitative estimate of drug-likeness (QED) is 0.618. The fourth-order valence-electron chi connectivity index (χ4n) is 1.85. The van der Waals surface area contributed by atoms with Crippen LogP contribution in [-0.4, -0.2) is 12.0 Å². The molecule has 0 saturated carbocycles. The lowest BCUT2D eigenvalue weighted by molar-refractivity contribution is -0.385. The van der Waals surface area contributed by atoms with Gasteiger partial charge >= 0.3 is 0 Å². The standard InChI is InChI=1S/C15H15NO4/c1-11-4-3-5-12(8-11)10-20-15-9-13(16(17)18)6-7-14(15)19-2/h3-9H,10H2,1-2H3. The first-order chi connectivity index (χ1) is 9.60. The van der Waals surface area contributed by atoms with E-state index < -0.39 is 4.92 Å². The van der Waals surface area contributed by atoms with E-state index in [-0.39, 0.29) is 5.69 Å². The number of aryl methyl sites for hydroxylation is 1. The van der Waals surface area contributed by atoms with E-state index in [1.165, 1.54) is 25.3 Å². The van der Waals surface area contributed by atoms with Crippen LogP contribution in [0.1, 0.15) is 11.1 Å². The highest BCUT2D eigenvalue weighted by molar-refractivity contribution is 5.48. The molecule has 2 aromatic rings. The minimum atomic E-state index is -0.459. The molecule has 5 heteroatoms. The van der Waals surface area contributed by atoms with Gasteiger partial charge < -0.3 is 9.47 Å². The highest BCUT2D eigenvalue weighted by Gasteiger charge is 2.12. The zero-order chi connectivity index (χ0) is 14.5. The summed E-state index contributed by atoms with van der Waals surface area (Å²) in [7, 11) is 1.50. The van der Waals surface area contributed by atoms with Crippen molar-refractivity contribution in [3.8, 4) is 11.5 Å². The molecular weight excluding hydrogens is 258 g/mol. The van der Waals surface area contributed by atoms with Crippen LogP contribution >= 0.6 is 0 Å². The molecule has 0 fully saturated rings. The number of nitro benzene ring substituents is 1. The van der Waals surface area contributed by atoms with E-state index in [4.69, 9.17) is 9.47 Å². The third-order valence-corrected chi connectivity index (χ3v) is 2.83. The molecule has 0 aliphatic rings. The predicted molar refractivity (Wildman–Crippen MR) is 75.2 cm³/mol. The first-order valence-electron chi connectivity index (χ1n) is 6.11. The molecule has 0 aliphatic carbocycles. The average molecular weight is 273 g/mol. The summed E-state index contributed by atoms with van der Waals surface area (Å²) in [4.78, 5) is 10.3. The minimum absolute atomic E-state index is 0.0231. The normalized spacial score (nSPS) is 10.1. The highest BCUT2D eigenvalue weighted by atomic mass is 16.6. The zero-order valence-electron chi connectivity index (χ0n) is 11.3. The van der Waals surface area contributed by atoms with E-state index in [1.807, 2.05) is 31.2 Å². The summed E-state index contributed by atoms with van der Waals surface area (Å²) >= 11 is 0. The van der Waals surface area contributed by atoms with Gasteiger partial charge in [0.2, 0.25) is 0 Å². The summed E-state index contributed by atoms with van der Waals surface area (Å²) in [6, 6.07) is 12.2. The van der Waals surface area contributed by atoms with Crippen LogP contribution in [0.2, 0.25) is 0 Å². The number of nitro groups is 1. The van der Waals surface area contributed by atoms with Crippen LogP contribution in [0.25, 0.3) is 0 Å². The van der Waals surface area contributed by atoms with Crippen molar-refractivity contribution in [1.82, 2.24) is 0 Å². The van der Waals surface area contributed by atoms with Crippen molar-refractivity contribution in [2.45, 2.75) is 13.5 Å². The molecule has 20 heavy (non-hydrogen) atoms. The SMILES string of the molecule is COc1ccc([N+](=O)[O-])cc1OCc1cccc(C)c1. The second kappa shape index (κ2) is 6.06. The first-order valence-corrected chi connectivity index (χ1v) is 6.11. The Morgan fingerprint density at radius 3 is 2.60 bits per heavy atom. The van der Waals surface area contributed by atoms with E-state index in [0.29, 0.717) is 18.1 Å². The van der Waals surface area contributed by atoms with Crippen LogP contribution in [0.15, 0.2) is 42.5 Å². The number of methoxy groups -OCH3 is 1. The molecule has 0 atom stereocenters. The molecule has 0 bridgehead atoms. The van der Waals surface area contributed by atoms with Gasteiger partial charge in [0.05, 0.1) is 18.1 Å². The molecule has 2 aromatic carbocycles. The molecule has 0 N–H and O–H groups in total. The number of nitrogens with zero attached hydrogens (tertiary/aromatic N) is 1. The van der Waals surface area contributed by atoms with Crippen molar-refractivity contribution in [1.29, 1.82) is 0 Å². The number of rotatable bonds is 5. The third-order valence-electron chi connectivity index (χ3n) is 2.83. The lowest BCUT2D eigenvalue weighted by atomic mass is 10.1. The van der Waals surface area contributed by atoms with Crippen molar-refractivity contribution in [3.05, 3.63) is 63.7 Å². The highest BCUT2D eigenvalue weighted by Crippen LogP contribution is 2.31. The van der Waals surface area contributed by atoms with Gasteiger partial charge in [-0.2, -0.15) is 0 Å². The molecule has 2 rings (SSSR count). The van der Waals surface area contributed by atoms with E-state index in [9.17, 15) is 10.1 Å². The number of hydrogen-bond donors (Lipinski definition) is 0. The largest absolute Gasteiger partial charge is 0.493 e. The summed E-state index contributed by atoms with van der Waals surface area (Å²) in [6.45, 7) is 2.33. The molecular formula is C15H15NO4. The maximum atomic E-state index is 10.8. The van der Waals surface area contributed by atoms with Gasteiger partial charge in [0, 0.05) is 6.07 Å². The molecule has 0 saturated heterocycles. The van der Waals surface area contributed by atoms with Gasteiger partial charge in [-0.05, 0) is 18.6 Å². The Kier molecular flexibility index (Phi) is 4.20. The van der Waals surface area contributed by atoms with E-state index in [1.54, 1.807) is 0 Å². The molecule has 0 amide bonds. The summed E-state index contributed by atoms with van der Waals surface area (Å²) < 4.78 is 10.8. The fourth-order valence-corrected chi connectivity index (χ4v) is 1.85. The third kappa shape index (κ3) is 3.26. The fraction of sp³-hybridized carbons (Fsp3) is 0.200. The summed E-state index contributed by atoms with van der Waals surface area (Å²) in [5.74, 6) is 0.839. The maximum absolute atomic E-state index is 10.8. The van der Waals surface area contributed by atoms with Crippen molar-refractivity contribution in [2.24, 2.45) is 0 Å². The topological polar surface area (TPSA) is 61.6 Å². The molecule has 0 spiro atoms. The van der Waals surface area contributed by atoms with Gasteiger partial charge in [-0.3, -0.25) is 10.1 Å². The van der Waals surface area contributed by atoms with Crippen molar-refractivity contribution in [3.63, 3.8) is 0 Å². The molecule has 0 heterocycles. The maximum Gasteiger partial charge on any atom is 0.273 e. The monoisotopic (exact) mass is 273 g/mol. The smallest absolute Gasteiger partial charge is 0.273 e. The zero-order valence-corrected chi connectivity index (χ0v) is 11.3. The van der Waals surface area contributed by atoms with Crippen LogP contribution in [0.3, 0.4) is 0 Å². The van der Waals surface area contributed by atoms with Gasteiger partial charge in [-0.1, -0.05) is 29.8 Å². The minimum Gasteiger partial charge on any atom is -0.493 e. The molecule has 0 radical (unpaired) electrons. The Bertz CT molecular complexity index is 625. The van der Waals surface area contributed by atoms with Crippen LogP contribution in [0, 0.1) is 17.0 Å². The van der Waals surface area contributed by atoms with E-state index >= 15 is 0 Å². The van der Waals surface area contributed by atoms with Gasteiger partial charge in [-0.25, -0.2) is 0 Å². The van der Waals surface area contributed by atoms with E-state index in [0.717, 1.165) is 11.1 Å². The lowest BCUT2D eigenvalue weighted by Crippen LogP contribution is -1.99. The Labute approximate surface area is 116 Å².